The van der Waals surface area contributed by atoms with E-state index in [0.29, 0.717) is 24.0 Å². The van der Waals surface area contributed by atoms with E-state index in [-0.39, 0.29) is 6.61 Å². The van der Waals surface area contributed by atoms with E-state index in [4.69, 9.17) is 4.74 Å². The Morgan fingerprint density at radius 3 is 2.71 bits per heavy atom. The van der Waals surface area contributed by atoms with Gasteiger partial charge in [-0.2, -0.15) is 5.10 Å². The van der Waals surface area contributed by atoms with Gasteiger partial charge in [0, 0.05) is 24.2 Å². The molecule has 1 heterocycles. The van der Waals surface area contributed by atoms with Gasteiger partial charge in [0.1, 0.15) is 18.2 Å². The van der Waals surface area contributed by atoms with Crippen molar-refractivity contribution >= 4 is 0 Å². The zero-order chi connectivity index (χ0) is 16.9. The highest BCUT2D eigenvalue weighted by Crippen LogP contribution is 2.32. The van der Waals surface area contributed by atoms with Crippen LogP contribution in [-0.2, 0) is 13.2 Å². The van der Waals surface area contributed by atoms with E-state index in [2.05, 4.69) is 10.4 Å². The fraction of sp³-hybridized carbons (Fsp3) is 0.500. The number of aromatic nitrogens is 2. The number of nitrogens with one attached hydrogen (secondary N) is 1. The van der Waals surface area contributed by atoms with Crippen molar-refractivity contribution < 1.29 is 13.5 Å². The number of hydrogen-bond acceptors (Lipinski definition) is 3. The average Bonchev–Trinajstić information content (AvgIpc) is 2.98. The summed E-state index contributed by atoms with van der Waals surface area (Å²) in [5.41, 5.74) is 1.24. The largest absolute Gasteiger partial charge is 0.473 e. The van der Waals surface area contributed by atoms with Crippen LogP contribution < -0.4 is 10.1 Å². The Balaban J connectivity index is 1.77. The van der Waals surface area contributed by atoms with Crippen LogP contribution in [0.3, 0.4) is 0 Å². The fourth-order valence-electron chi connectivity index (χ4n) is 3.18. The molecule has 0 unspecified atom stereocenters. The first-order valence-corrected chi connectivity index (χ1v) is 8.47. The Labute approximate surface area is 140 Å². The molecule has 0 radical (unpaired) electrons. The SMILES string of the molecule is CNCc1cc(OCc2ccc(F)cc2F)n(C2CCCCC2)n1. The monoisotopic (exact) mass is 335 g/mol. The predicted octanol–water partition coefficient (Wildman–Crippen LogP) is 3.96. The third-order valence-electron chi connectivity index (χ3n) is 4.42. The molecular formula is C18H23F2N3O. The smallest absolute Gasteiger partial charge is 0.212 e. The highest BCUT2D eigenvalue weighted by atomic mass is 19.1. The molecule has 1 aromatic carbocycles. The molecule has 1 aliphatic carbocycles. The molecule has 0 aliphatic heterocycles. The van der Waals surface area contributed by atoms with E-state index < -0.39 is 11.6 Å². The van der Waals surface area contributed by atoms with Crippen molar-refractivity contribution in [1.29, 1.82) is 0 Å². The second-order valence-corrected chi connectivity index (χ2v) is 6.27. The van der Waals surface area contributed by atoms with E-state index in [1.807, 2.05) is 17.8 Å². The first-order chi connectivity index (χ1) is 11.7. The molecule has 24 heavy (non-hydrogen) atoms. The maximum Gasteiger partial charge on any atom is 0.212 e. The van der Waals surface area contributed by atoms with Crippen LogP contribution in [0, 0.1) is 11.6 Å². The van der Waals surface area contributed by atoms with Gasteiger partial charge in [-0.25, -0.2) is 13.5 Å². The van der Waals surface area contributed by atoms with Gasteiger partial charge < -0.3 is 10.1 Å². The molecule has 1 aromatic heterocycles. The lowest BCUT2D eigenvalue weighted by Gasteiger charge is -2.23. The van der Waals surface area contributed by atoms with Crippen LogP contribution in [0.25, 0.3) is 0 Å². The van der Waals surface area contributed by atoms with Crippen molar-refractivity contribution in [2.75, 3.05) is 7.05 Å². The summed E-state index contributed by atoms with van der Waals surface area (Å²) in [6, 6.07) is 5.76. The summed E-state index contributed by atoms with van der Waals surface area (Å²) in [7, 11) is 1.87. The molecule has 4 nitrogen and oxygen atoms in total. The molecule has 1 N–H and O–H groups in total. The second kappa shape index (κ2) is 7.75. The summed E-state index contributed by atoms with van der Waals surface area (Å²) in [4.78, 5) is 0. The average molecular weight is 335 g/mol. The Kier molecular flexibility index (Phi) is 5.45. The van der Waals surface area contributed by atoms with Crippen molar-refractivity contribution in [2.45, 2.75) is 51.3 Å². The van der Waals surface area contributed by atoms with E-state index in [1.54, 1.807) is 0 Å². The third-order valence-corrected chi connectivity index (χ3v) is 4.42. The summed E-state index contributed by atoms with van der Waals surface area (Å²) >= 11 is 0. The molecule has 0 amide bonds. The normalized spacial score (nSPS) is 15.6. The van der Waals surface area contributed by atoms with Crippen LogP contribution in [-0.4, -0.2) is 16.8 Å². The molecule has 1 fully saturated rings. The lowest BCUT2D eigenvalue weighted by atomic mass is 9.96. The van der Waals surface area contributed by atoms with E-state index >= 15 is 0 Å². The number of benzene rings is 1. The molecule has 0 bridgehead atoms. The van der Waals surface area contributed by atoms with Crippen molar-refractivity contribution in [1.82, 2.24) is 15.1 Å². The zero-order valence-corrected chi connectivity index (χ0v) is 13.9. The predicted molar refractivity (Wildman–Crippen MR) is 87.8 cm³/mol. The molecule has 6 heteroatoms. The lowest BCUT2D eigenvalue weighted by Crippen LogP contribution is -2.16. The van der Waals surface area contributed by atoms with E-state index in [9.17, 15) is 8.78 Å². The summed E-state index contributed by atoms with van der Waals surface area (Å²) in [6.45, 7) is 0.713. The van der Waals surface area contributed by atoms with Gasteiger partial charge in [0.2, 0.25) is 5.88 Å². The van der Waals surface area contributed by atoms with Gasteiger partial charge in [0.25, 0.3) is 0 Å². The van der Waals surface area contributed by atoms with Gasteiger partial charge in [0.15, 0.2) is 0 Å². The van der Waals surface area contributed by atoms with Gasteiger partial charge in [-0.3, -0.25) is 0 Å². The summed E-state index contributed by atoms with van der Waals surface area (Å²) in [6.07, 6.45) is 5.82. The molecule has 0 saturated heterocycles. The zero-order valence-electron chi connectivity index (χ0n) is 13.9. The minimum absolute atomic E-state index is 0.0590. The molecule has 130 valence electrons. The molecule has 1 aliphatic rings. The Bertz CT molecular complexity index is 681. The quantitative estimate of drug-likeness (QED) is 0.868. The van der Waals surface area contributed by atoms with Gasteiger partial charge >= 0.3 is 0 Å². The Hall–Kier alpha value is -1.95. The van der Waals surface area contributed by atoms with Crippen LogP contribution in [0.2, 0.25) is 0 Å². The van der Waals surface area contributed by atoms with Crippen molar-refractivity contribution in [3.8, 4) is 5.88 Å². The van der Waals surface area contributed by atoms with E-state index in [1.165, 1.54) is 31.4 Å². The number of rotatable bonds is 6. The number of nitrogens with zero attached hydrogens (tertiary/aromatic N) is 2. The van der Waals surface area contributed by atoms with Crippen molar-refractivity contribution in [2.24, 2.45) is 0 Å². The second-order valence-electron chi connectivity index (χ2n) is 6.27. The van der Waals surface area contributed by atoms with Crippen LogP contribution >= 0.6 is 0 Å². The number of hydrogen-bond donors (Lipinski definition) is 1. The molecule has 1 saturated carbocycles. The van der Waals surface area contributed by atoms with Crippen LogP contribution in [0.5, 0.6) is 5.88 Å². The Morgan fingerprint density at radius 1 is 1.21 bits per heavy atom. The molecule has 3 rings (SSSR count). The Morgan fingerprint density at radius 2 is 2.00 bits per heavy atom. The van der Waals surface area contributed by atoms with Crippen molar-refractivity contribution in [3.63, 3.8) is 0 Å². The maximum atomic E-state index is 13.8. The highest BCUT2D eigenvalue weighted by molar-refractivity contribution is 5.21. The highest BCUT2D eigenvalue weighted by Gasteiger charge is 2.21. The van der Waals surface area contributed by atoms with E-state index in [0.717, 1.165) is 24.6 Å². The lowest BCUT2D eigenvalue weighted by molar-refractivity contribution is 0.235. The van der Waals surface area contributed by atoms with Crippen molar-refractivity contribution in [3.05, 3.63) is 47.2 Å². The van der Waals surface area contributed by atoms with Crippen LogP contribution in [0.4, 0.5) is 8.78 Å². The summed E-state index contributed by atoms with van der Waals surface area (Å²) < 4.78 is 34.6. The molecule has 0 atom stereocenters. The number of halogens is 2. The molecule has 2 aromatic rings. The minimum Gasteiger partial charge on any atom is -0.473 e. The topological polar surface area (TPSA) is 39.1 Å². The molecular weight excluding hydrogens is 312 g/mol. The third kappa shape index (κ3) is 3.93. The van der Waals surface area contributed by atoms with Gasteiger partial charge in [0.05, 0.1) is 11.7 Å². The maximum absolute atomic E-state index is 13.8. The first kappa shape index (κ1) is 16.9. The summed E-state index contributed by atoms with van der Waals surface area (Å²) in [5, 5.41) is 7.73. The van der Waals surface area contributed by atoms with Crippen LogP contribution in [0.15, 0.2) is 24.3 Å². The number of ether oxygens (including phenoxy) is 1. The minimum atomic E-state index is -0.589. The summed E-state index contributed by atoms with van der Waals surface area (Å²) in [5.74, 6) is -0.523. The molecule has 0 spiro atoms. The van der Waals surface area contributed by atoms with Gasteiger partial charge in [-0.15, -0.1) is 0 Å². The van der Waals surface area contributed by atoms with Gasteiger partial charge in [-0.1, -0.05) is 19.3 Å². The first-order valence-electron chi connectivity index (χ1n) is 8.47. The van der Waals surface area contributed by atoms with Crippen LogP contribution in [0.1, 0.15) is 49.4 Å². The fourth-order valence-corrected chi connectivity index (χ4v) is 3.18. The van der Waals surface area contributed by atoms with Gasteiger partial charge in [-0.05, 0) is 32.0 Å². The standard InChI is InChI=1S/C18H23F2N3O/c1-21-11-15-10-18(23(22-15)16-5-3-2-4-6-16)24-12-13-7-8-14(19)9-17(13)20/h7-10,16,21H,2-6,11-12H2,1H3.